The van der Waals surface area contributed by atoms with Crippen LogP contribution >= 0.6 is 12.2 Å². The number of benzene rings is 2. The summed E-state index contributed by atoms with van der Waals surface area (Å²) >= 11 is 5.32. The van der Waals surface area contributed by atoms with Gasteiger partial charge in [0.1, 0.15) is 0 Å². The van der Waals surface area contributed by atoms with Gasteiger partial charge >= 0.3 is 0 Å². The van der Waals surface area contributed by atoms with E-state index in [4.69, 9.17) is 21.4 Å². The fraction of sp³-hybridized carbons (Fsp3) is 0.167. The van der Waals surface area contributed by atoms with Crippen molar-refractivity contribution in [2.75, 3.05) is 36.5 Å². The zero-order chi connectivity index (χ0) is 25.1. The maximum atomic E-state index is 13.1. The lowest BCUT2D eigenvalue weighted by Crippen LogP contribution is -2.39. The summed E-state index contributed by atoms with van der Waals surface area (Å²) in [5, 5.41) is 16.9. The first-order valence-corrected chi connectivity index (χ1v) is 11.4. The molecule has 2 aromatic carbocycles. The van der Waals surface area contributed by atoms with Crippen LogP contribution in [0, 0.1) is 10.1 Å². The van der Waals surface area contributed by atoms with Gasteiger partial charge in [-0.05, 0) is 54.7 Å². The number of non-ortho nitro benzene ring substituents is 1. The highest BCUT2D eigenvalue weighted by Crippen LogP contribution is 2.27. The van der Waals surface area contributed by atoms with E-state index >= 15 is 0 Å². The number of aromatic nitrogens is 2. The number of fused-ring (bicyclic) bond motifs is 1. The van der Waals surface area contributed by atoms with Crippen LogP contribution in [-0.2, 0) is 4.74 Å². The third-order valence-corrected chi connectivity index (χ3v) is 5.77. The van der Waals surface area contributed by atoms with Gasteiger partial charge in [-0.1, -0.05) is 0 Å². The molecule has 0 saturated carbocycles. The van der Waals surface area contributed by atoms with Crippen LogP contribution in [-0.4, -0.2) is 52.2 Å². The average Bonchev–Trinajstić information content (AvgIpc) is 3.33. The zero-order valence-corrected chi connectivity index (χ0v) is 19.7. The van der Waals surface area contributed by atoms with Gasteiger partial charge < -0.3 is 19.4 Å². The molecule has 12 heteroatoms. The van der Waals surface area contributed by atoms with E-state index in [0.717, 1.165) is 5.56 Å². The van der Waals surface area contributed by atoms with E-state index in [1.807, 2.05) is 4.90 Å². The molecule has 0 unspecified atom stereocenters. The highest BCUT2D eigenvalue weighted by atomic mass is 32.1. The number of nitro benzene ring substituents is 1. The first kappa shape index (κ1) is 23.3. The third kappa shape index (κ3) is 4.99. The largest absolute Gasteiger partial charge is 0.434 e. The Kier molecular flexibility index (Phi) is 6.52. The molecule has 3 heterocycles. The van der Waals surface area contributed by atoms with Gasteiger partial charge in [0.2, 0.25) is 5.89 Å². The number of carbonyl (C=O) groups excluding carboxylic acids is 1. The number of carbonyl (C=O) groups is 1. The van der Waals surface area contributed by atoms with E-state index in [0.29, 0.717) is 54.8 Å². The summed E-state index contributed by atoms with van der Waals surface area (Å²) in [6.45, 7) is 2.16. The van der Waals surface area contributed by atoms with Crippen LogP contribution in [0.4, 0.5) is 17.1 Å². The first-order valence-electron chi connectivity index (χ1n) is 11.0. The van der Waals surface area contributed by atoms with Gasteiger partial charge in [-0.3, -0.25) is 20.2 Å². The van der Waals surface area contributed by atoms with Crippen molar-refractivity contribution in [3.8, 4) is 11.5 Å². The standard InChI is InChI=1S/C24H20N6O5S/c31-22(18-14-17(30(32)33)7-8-19(18)29-10-12-34-13-11-29)28-24(36)26-16-5-3-15(4-6-16)23-27-21-20(35-23)2-1-9-25-21/h1-9,14H,10-13H2,(H2,26,28,31,36). The number of ether oxygens (including phenoxy) is 1. The molecule has 2 N–H and O–H groups in total. The maximum absolute atomic E-state index is 13.1. The second kappa shape index (κ2) is 10.1. The number of rotatable bonds is 5. The lowest BCUT2D eigenvalue weighted by molar-refractivity contribution is -0.384. The number of morpholine rings is 1. The minimum atomic E-state index is -0.548. The van der Waals surface area contributed by atoms with Gasteiger partial charge in [-0.25, -0.2) is 4.98 Å². The van der Waals surface area contributed by atoms with Crippen molar-refractivity contribution in [2.24, 2.45) is 0 Å². The van der Waals surface area contributed by atoms with Gasteiger partial charge in [0.15, 0.2) is 16.3 Å². The number of nitro groups is 1. The lowest BCUT2D eigenvalue weighted by Gasteiger charge is -2.30. The van der Waals surface area contributed by atoms with Gasteiger partial charge in [0.05, 0.1) is 29.4 Å². The van der Waals surface area contributed by atoms with E-state index in [1.54, 1.807) is 48.7 Å². The van der Waals surface area contributed by atoms with Crippen LogP contribution in [0.5, 0.6) is 0 Å². The fourth-order valence-corrected chi connectivity index (χ4v) is 4.03. The van der Waals surface area contributed by atoms with Crippen molar-refractivity contribution in [2.45, 2.75) is 0 Å². The SMILES string of the molecule is O=C(NC(=S)Nc1ccc(-c2nc3ncccc3o2)cc1)c1cc([N+](=O)[O-])ccc1N1CCOCC1. The summed E-state index contributed by atoms with van der Waals surface area (Å²) in [7, 11) is 0. The number of hydrogen-bond acceptors (Lipinski definition) is 9. The number of pyridine rings is 1. The van der Waals surface area contributed by atoms with Crippen LogP contribution in [0.25, 0.3) is 22.7 Å². The molecule has 182 valence electrons. The van der Waals surface area contributed by atoms with Crippen LogP contribution in [0.15, 0.2) is 65.2 Å². The quantitative estimate of drug-likeness (QED) is 0.235. The number of amides is 1. The highest BCUT2D eigenvalue weighted by molar-refractivity contribution is 7.80. The van der Waals surface area contributed by atoms with E-state index in [9.17, 15) is 14.9 Å². The number of anilines is 2. The highest BCUT2D eigenvalue weighted by Gasteiger charge is 2.22. The third-order valence-electron chi connectivity index (χ3n) is 5.57. The molecule has 5 rings (SSSR count). The molecular formula is C24H20N6O5S. The van der Waals surface area contributed by atoms with Crippen LogP contribution in [0.1, 0.15) is 10.4 Å². The molecule has 0 aliphatic carbocycles. The van der Waals surface area contributed by atoms with Gasteiger partial charge in [0.25, 0.3) is 11.6 Å². The number of thiocarbonyl (C=S) groups is 1. The summed E-state index contributed by atoms with van der Waals surface area (Å²) in [5.41, 5.74) is 3.07. The van der Waals surface area contributed by atoms with E-state index < -0.39 is 10.8 Å². The monoisotopic (exact) mass is 504 g/mol. The topological polar surface area (TPSA) is 136 Å². The predicted octanol–water partition coefficient (Wildman–Crippen LogP) is 3.76. The van der Waals surface area contributed by atoms with Gasteiger partial charge in [-0.2, -0.15) is 4.98 Å². The number of nitrogens with one attached hydrogen (secondary N) is 2. The summed E-state index contributed by atoms with van der Waals surface area (Å²) < 4.78 is 11.1. The Morgan fingerprint density at radius 2 is 1.89 bits per heavy atom. The smallest absolute Gasteiger partial charge is 0.270 e. The number of oxazole rings is 1. The summed E-state index contributed by atoms with van der Waals surface area (Å²) in [6.07, 6.45) is 1.65. The minimum Gasteiger partial charge on any atom is -0.434 e. The molecule has 1 saturated heterocycles. The Morgan fingerprint density at radius 1 is 1.11 bits per heavy atom. The molecule has 0 radical (unpaired) electrons. The molecule has 0 bridgehead atoms. The molecule has 1 fully saturated rings. The molecule has 36 heavy (non-hydrogen) atoms. The molecule has 1 amide bonds. The molecule has 0 atom stereocenters. The molecule has 0 spiro atoms. The Bertz CT molecular complexity index is 1420. The predicted molar refractivity (Wildman–Crippen MR) is 137 cm³/mol. The molecule has 1 aliphatic heterocycles. The Labute approximate surface area is 210 Å². The van der Waals surface area contributed by atoms with Crippen molar-refractivity contribution in [3.05, 3.63) is 76.5 Å². The molecule has 2 aromatic heterocycles. The normalized spacial score (nSPS) is 13.4. The van der Waals surface area contributed by atoms with Crippen molar-refractivity contribution >= 4 is 51.5 Å². The van der Waals surface area contributed by atoms with Gasteiger partial charge in [0, 0.05) is 42.7 Å². The van der Waals surface area contributed by atoms with Crippen LogP contribution < -0.4 is 15.5 Å². The summed E-state index contributed by atoms with van der Waals surface area (Å²) in [5.74, 6) is -0.110. The van der Waals surface area contributed by atoms with Crippen molar-refractivity contribution in [1.29, 1.82) is 0 Å². The second-order valence-electron chi connectivity index (χ2n) is 7.89. The Morgan fingerprint density at radius 3 is 2.61 bits per heavy atom. The van der Waals surface area contributed by atoms with E-state index in [2.05, 4.69) is 20.6 Å². The molecule has 11 nitrogen and oxygen atoms in total. The molecule has 4 aromatic rings. The van der Waals surface area contributed by atoms with Crippen molar-refractivity contribution in [3.63, 3.8) is 0 Å². The molecule has 1 aliphatic rings. The lowest BCUT2D eigenvalue weighted by atomic mass is 10.1. The zero-order valence-electron chi connectivity index (χ0n) is 18.8. The van der Waals surface area contributed by atoms with Crippen LogP contribution in [0.2, 0.25) is 0 Å². The summed E-state index contributed by atoms with van der Waals surface area (Å²) in [4.78, 5) is 34.3. The Balaban J connectivity index is 1.29. The summed E-state index contributed by atoms with van der Waals surface area (Å²) in [6, 6.07) is 14.9. The van der Waals surface area contributed by atoms with Crippen LogP contribution in [0.3, 0.4) is 0 Å². The van der Waals surface area contributed by atoms with E-state index in [1.165, 1.54) is 12.1 Å². The molecular weight excluding hydrogens is 484 g/mol. The first-order chi connectivity index (χ1) is 17.5. The maximum Gasteiger partial charge on any atom is 0.270 e. The minimum absolute atomic E-state index is 0.0539. The number of hydrogen-bond donors (Lipinski definition) is 2. The van der Waals surface area contributed by atoms with Gasteiger partial charge in [-0.15, -0.1) is 0 Å². The average molecular weight is 505 g/mol. The fourth-order valence-electron chi connectivity index (χ4n) is 3.82. The van der Waals surface area contributed by atoms with Crippen molar-refractivity contribution in [1.82, 2.24) is 15.3 Å². The second-order valence-corrected chi connectivity index (χ2v) is 8.30. The van der Waals surface area contributed by atoms with Crippen molar-refractivity contribution < 1.29 is 18.9 Å². The Hall–Kier alpha value is -4.42. The van der Waals surface area contributed by atoms with E-state index in [-0.39, 0.29) is 16.4 Å². The number of nitrogens with zero attached hydrogens (tertiary/aromatic N) is 4.